The highest BCUT2D eigenvalue weighted by molar-refractivity contribution is 6.35. The third-order valence-corrected chi connectivity index (χ3v) is 4.88. The maximum Gasteiger partial charge on any atom is 0.411 e. The van der Waals surface area contributed by atoms with Crippen molar-refractivity contribution in [2.24, 2.45) is 0 Å². The van der Waals surface area contributed by atoms with E-state index in [1.54, 1.807) is 30.3 Å². The normalized spacial score (nSPS) is 11.5. The first-order valence-corrected chi connectivity index (χ1v) is 9.96. The first kappa shape index (κ1) is 23.4. The number of hydrogen-bond donors (Lipinski definition) is 1. The van der Waals surface area contributed by atoms with E-state index in [0.717, 1.165) is 5.56 Å². The lowest BCUT2D eigenvalue weighted by Gasteiger charge is -2.09. The Labute approximate surface area is 190 Å². The average molecular weight is 493 g/mol. The van der Waals surface area contributed by atoms with Gasteiger partial charge in [0.25, 0.3) is 5.91 Å². The summed E-state index contributed by atoms with van der Waals surface area (Å²) in [6.07, 6.45) is -2.88. The van der Waals surface area contributed by atoms with E-state index >= 15 is 0 Å². The van der Waals surface area contributed by atoms with Crippen LogP contribution in [0.1, 0.15) is 21.5 Å². The van der Waals surface area contributed by atoms with Crippen LogP contribution in [-0.2, 0) is 17.9 Å². The Bertz CT molecular complexity index is 1090. The molecule has 31 heavy (non-hydrogen) atoms. The van der Waals surface area contributed by atoms with Crippen molar-refractivity contribution in [1.82, 2.24) is 9.78 Å². The second-order valence-corrected chi connectivity index (χ2v) is 7.77. The van der Waals surface area contributed by atoms with Crippen molar-refractivity contribution in [1.29, 1.82) is 0 Å². The lowest BCUT2D eigenvalue weighted by Crippen LogP contribution is -2.17. The van der Waals surface area contributed by atoms with Gasteiger partial charge in [0.15, 0.2) is 5.82 Å². The zero-order valence-corrected chi connectivity index (χ0v) is 18.0. The Hall–Kier alpha value is -2.26. The highest BCUT2D eigenvalue weighted by atomic mass is 35.5. The Morgan fingerprint density at radius 1 is 1.10 bits per heavy atom. The molecule has 3 aromatic rings. The largest absolute Gasteiger partial charge is 0.411 e. The van der Waals surface area contributed by atoms with E-state index in [2.05, 4.69) is 15.2 Å². The van der Waals surface area contributed by atoms with Gasteiger partial charge in [-0.15, -0.1) is 0 Å². The van der Waals surface area contributed by atoms with Crippen molar-refractivity contribution in [3.8, 4) is 0 Å². The van der Waals surface area contributed by atoms with Crippen LogP contribution in [-0.4, -0.2) is 28.5 Å². The summed E-state index contributed by atoms with van der Waals surface area (Å²) in [5, 5.41) is 8.01. The molecule has 0 spiro atoms. The minimum absolute atomic E-state index is 0.135. The van der Waals surface area contributed by atoms with E-state index in [4.69, 9.17) is 34.8 Å². The molecule has 1 amide bonds. The van der Waals surface area contributed by atoms with Crippen LogP contribution in [0.3, 0.4) is 0 Å². The molecule has 11 heteroatoms. The highest BCUT2D eigenvalue weighted by Crippen LogP contribution is 2.25. The van der Waals surface area contributed by atoms with Gasteiger partial charge in [-0.1, -0.05) is 53.0 Å². The lowest BCUT2D eigenvalue weighted by atomic mass is 10.1. The summed E-state index contributed by atoms with van der Waals surface area (Å²) in [5.74, 6) is -0.384. The predicted octanol–water partition coefficient (Wildman–Crippen LogP) is 6.22. The van der Waals surface area contributed by atoms with Gasteiger partial charge >= 0.3 is 6.18 Å². The molecule has 0 bridgehead atoms. The van der Waals surface area contributed by atoms with Crippen LogP contribution in [0.2, 0.25) is 15.1 Å². The molecule has 0 aliphatic carbocycles. The van der Waals surface area contributed by atoms with Gasteiger partial charge < -0.3 is 10.1 Å². The number of halogens is 6. The number of nitrogens with zero attached hydrogens (tertiary/aromatic N) is 2. The summed E-state index contributed by atoms with van der Waals surface area (Å²) in [6.45, 7) is -1.34. The molecule has 5 nitrogen and oxygen atoms in total. The Balaban J connectivity index is 1.66. The molecule has 1 N–H and O–H groups in total. The molecule has 1 aromatic heterocycles. The number of aromatic nitrogens is 2. The molecule has 0 saturated heterocycles. The molecule has 164 valence electrons. The van der Waals surface area contributed by atoms with Crippen molar-refractivity contribution in [3.63, 3.8) is 0 Å². The molecule has 0 unspecified atom stereocenters. The summed E-state index contributed by atoms with van der Waals surface area (Å²) in [6, 6.07) is 11.1. The summed E-state index contributed by atoms with van der Waals surface area (Å²) in [4.78, 5) is 12.5. The summed E-state index contributed by atoms with van der Waals surface area (Å²) in [7, 11) is 0. The van der Waals surface area contributed by atoms with Gasteiger partial charge in [-0.25, -0.2) is 0 Å². The Morgan fingerprint density at radius 3 is 2.58 bits per heavy atom. The van der Waals surface area contributed by atoms with Crippen LogP contribution in [0.4, 0.5) is 19.0 Å². The molecule has 0 fully saturated rings. The second kappa shape index (κ2) is 9.91. The maximum atomic E-state index is 12.5. The monoisotopic (exact) mass is 491 g/mol. The zero-order valence-electron chi connectivity index (χ0n) is 15.7. The fourth-order valence-electron chi connectivity index (χ4n) is 2.65. The number of carbonyl (C=O) groups excluding carboxylic acids is 1. The standard InChI is InChI=1S/C20H15Cl3F3N3O2/c21-15-5-4-14(16(22)7-15)8-29-9-17(23)18(28-29)27-19(30)13-3-1-2-12(6-13)10-31-11-20(24,25)26/h1-7,9H,8,10-11H2,(H,27,28,30). The van der Waals surface area contributed by atoms with Crippen LogP contribution in [0, 0.1) is 0 Å². The molecule has 0 atom stereocenters. The number of alkyl halides is 3. The molecule has 0 saturated carbocycles. The summed E-state index contributed by atoms with van der Waals surface area (Å²) in [5.41, 5.74) is 1.40. The number of carbonyl (C=O) groups is 1. The maximum absolute atomic E-state index is 12.5. The van der Waals surface area contributed by atoms with E-state index in [0.29, 0.717) is 22.2 Å². The van der Waals surface area contributed by atoms with Gasteiger partial charge in [0.05, 0.1) is 13.2 Å². The minimum atomic E-state index is -4.42. The third kappa shape index (κ3) is 6.87. The molecule has 1 heterocycles. The van der Waals surface area contributed by atoms with Gasteiger partial charge in [0, 0.05) is 21.8 Å². The molecular weight excluding hydrogens is 478 g/mol. The van der Waals surface area contributed by atoms with Gasteiger partial charge in [-0.2, -0.15) is 18.3 Å². The fraction of sp³-hybridized carbons (Fsp3) is 0.200. The Morgan fingerprint density at radius 2 is 1.87 bits per heavy atom. The SMILES string of the molecule is O=C(Nc1nn(Cc2ccc(Cl)cc2Cl)cc1Cl)c1cccc(COCC(F)(F)F)c1. The number of hydrogen-bond acceptors (Lipinski definition) is 3. The fourth-order valence-corrected chi connectivity index (χ4v) is 3.32. The molecule has 0 aliphatic heterocycles. The second-order valence-electron chi connectivity index (χ2n) is 6.52. The molecule has 0 aliphatic rings. The van der Waals surface area contributed by atoms with Crippen molar-refractivity contribution < 1.29 is 22.7 Å². The molecular formula is C20H15Cl3F3N3O2. The summed E-state index contributed by atoms with van der Waals surface area (Å²) >= 11 is 18.2. The highest BCUT2D eigenvalue weighted by Gasteiger charge is 2.27. The number of amides is 1. The van der Waals surface area contributed by atoms with E-state index in [9.17, 15) is 18.0 Å². The molecule has 0 radical (unpaired) electrons. The number of benzene rings is 2. The van der Waals surface area contributed by atoms with Gasteiger partial charge in [-0.3, -0.25) is 9.48 Å². The number of nitrogens with one attached hydrogen (secondary N) is 1. The van der Waals surface area contributed by atoms with Crippen LogP contribution in [0.5, 0.6) is 0 Å². The first-order chi connectivity index (χ1) is 14.6. The van der Waals surface area contributed by atoms with Gasteiger partial charge in [0.2, 0.25) is 0 Å². The smallest absolute Gasteiger partial charge is 0.367 e. The van der Waals surface area contributed by atoms with E-state index in [-0.39, 0.29) is 23.0 Å². The first-order valence-electron chi connectivity index (χ1n) is 8.82. The Kier molecular flexibility index (Phi) is 7.48. The van der Waals surface area contributed by atoms with Crippen LogP contribution in [0.15, 0.2) is 48.7 Å². The van der Waals surface area contributed by atoms with Crippen molar-refractivity contribution >= 4 is 46.5 Å². The molecule has 2 aromatic carbocycles. The van der Waals surface area contributed by atoms with Gasteiger partial charge in [-0.05, 0) is 35.4 Å². The van der Waals surface area contributed by atoms with E-state index < -0.39 is 18.7 Å². The van der Waals surface area contributed by atoms with E-state index in [1.807, 2.05) is 0 Å². The van der Waals surface area contributed by atoms with E-state index in [1.165, 1.54) is 23.0 Å². The van der Waals surface area contributed by atoms with Crippen molar-refractivity contribution in [2.45, 2.75) is 19.3 Å². The lowest BCUT2D eigenvalue weighted by molar-refractivity contribution is -0.176. The number of anilines is 1. The number of ether oxygens (including phenoxy) is 1. The average Bonchev–Trinajstić information content (AvgIpc) is 3.02. The van der Waals surface area contributed by atoms with Crippen molar-refractivity contribution in [2.75, 3.05) is 11.9 Å². The van der Waals surface area contributed by atoms with Crippen LogP contribution in [0.25, 0.3) is 0 Å². The predicted molar refractivity (Wildman–Crippen MR) is 113 cm³/mol. The number of rotatable bonds is 7. The van der Waals surface area contributed by atoms with Gasteiger partial charge in [0.1, 0.15) is 11.6 Å². The molecule has 3 rings (SSSR count). The zero-order chi connectivity index (χ0) is 22.6. The summed E-state index contributed by atoms with van der Waals surface area (Å²) < 4.78 is 42.7. The minimum Gasteiger partial charge on any atom is -0.367 e. The topological polar surface area (TPSA) is 56.2 Å². The third-order valence-electron chi connectivity index (χ3n) is 4.02. The van der Waals surface area contributed by atoms with Crippen molar-refractivity contribution in [3.05, 3.63) is 80.4 Å². The van der Waals surface area contributed by atoms with Crippen LogP contribution < -0.4 is 5.32 Å². The quantitative estimate of drug-likeness (QED) is 0.426. The van der Waals surface area contributed by atoms with Crippen LogP contribution >= 0.6 is 34.8 Å².